The van der Waals surface area contributed by atoms with Crippen LogP contribution in [-0.2, 0) is 20.8 Å². The topological polar surface area (TPSA) is 59.6 Å². The zero-order chi connectivity index (χ0) is 17.8. The van der Waals surface area contributed by atoms with E-state index >= 15 is 0 Å². The number of benzene rings is 2. The molecule has 0 spiro atoms. The van der Waals surface area contributed by atoms with E-state index in [1.807, 2.05) is 30.3 Å². The molecule has 7 heteroatoms. The summed E-state index contributed by atoms with van der Waals surface area (Å²) in [5, 5.41) is 3.16. The number of nitrogens with one attached hydrogen (secondary N) is 2. The van der Waals surface area contributed by atoms with Gasteiger partial charge < -0.3 is 4.74 Å². The Morgan fingerprint density at radius 2 is 2.08 bits per heavy atom. The van der Waals surface area contributed by atoms with Crippen molar-refractivity contribution in [2.24, 2.45) is 0 Å². The molecular weight excluding hydrogens is 518 g/mol. The Bertz CT molecular complexity index is 808. The number of ether oxygens (including phenoxy) is 1. The van der Waals surface area contributed by atoms with Crippen LogP contribution in [0.5, 0.6) is 0 Å². The Morgan fingerprint density at radius 3 is 2.68 bits per heavy atom. The van der Waals surface area contributed by atoms with Crippen LogP contribution in [0.1, 0.15) is 5.56 Å². The molecule has 0 bridgehead atoms. The van der Waals surface area contributed by atoms with E-state index in [1.165, 1.54) is 13.2 Å². The number of hydroxylamine groups is 1. The van der Waals surface area contributed by atoms with Gasteiger partial charge in [-0.25, -0.2) is 0 Å². The van der Waals surface area contributed by atoms with E-state index in [9.17, 15) is 9.18 Å². The molecule has 1 aliphatic heterocycles. The predicted molar refractivity (Wildman–Crippen MR) is 93.0 cm³/mol. The zero-order valence-corrected chi connectivity index (χ0v) is 17.4. The maximum absolute atomic E-state index is 14.4. The molecule has 1 atom stereocenters. The average molecular weight is 535 g/mol. The molecule has 1 heterocycles. The molecule has 2 aromatic carbocycles. The number of carbonyl (C=O) groups excluding carboxylic acids is 1. The van der Waals surface area contributed by atoms with Gasteiger partial charge in [-0.3, -0.25) is 4.79 Å². The number of carbonyl (C=O) groups is 1. The third-order valence-corrected chi connectivity index (χ3v) is 4.79. The van der Waals surface area contributed by atoms with Crippen LogP contribution in [0.4, 0.5) is 10.1 Å². The van der Waals surface area contributed by atoms with Crippen LogP contribution in [0.2, 0.25) is 0 Å². The molecule has 0 saturated heterocycles. The fraction of sp³-hybridized carbons (Fsp3) is 0.167. The first-order valence-electron chi connectivity index (χ1n) is 7.63. The predicted octanol–water partition coefficient (Wildman–Crippen LogP) is 2.49. The van der Waals surface area contributed by atoms with Crippen LogP contribution in [0, 0.1) is 5.82 Å². The van der Waals surface area contributed by atoms with Gasteiger partial charge in [-0.2, -0.15) is 0 Å². The number of hydrogen-bond acceptors (Lipinski definition) is 5. The van der Waals surface area contributed by atoms with Crippen molar-refractivity contribution in [2.45, 2.75) is 10.0 Å². The maximum atomic E-state index is 14.4. The van der Waals surface area contributed by atoms with Crippen LogP contribution in [0.3, 0.4) is 0 Å². The quantitative estimate of drug-likeness (QED) is 0.456. The fourth-order valence-electron chi connectivity index (χ4n) is 2.43. The molecule has 127 valence electrons. The molecule has 3 radical (unpaired) electrons. The average Bonchev–Trinajstić information content (AvgIpc) is 3.01. The standard InChI is InChI=1S/C18H16FN2O3.Pb/c1-23-18(22)11-12-2-7-15(16(19)10-12)13-3-5-14(6-4-13)21-17-8-9-20-24-17;/h2-10,20-21H,11H2,1H3;. The monoisotopic (exact) mass is 535 g/mol. The van der Waals surface area contributed by atoms with Crippen molar-refractivity contribution in [1.82, 2.24) is 5.48 Å². The van der Waals surface area contributed by atoms with Gasteiger partial charge in [-0.1, -0.05) is 0 Å². The molecular formula is C18H16FN2O3Pb. The summed E-state index contributed by atoms with van der Waals surface area (Å²) in [6, 6.07) is 12.2. The van der Waals surface area contributed by atoms with Crippen molar-refractivity contribution >= 4 is 37.4 Å². The van der Waals surface area contributed by atoms with Crippen LogP contribution in [0.15, 0.2) is 54.4 Å². The Balaban J connectivity index is 1.73. The molecule has 0 saturated carbocycles. The van der Waals surface area contributed by atoms with Crippen LogP contribution in [0.25, 0.3) is 11.1 Å². The summed E-state index contributed by atoms with van der Waals surface area (Å²) >= 11 is 0.964. The number of methoxy groups -OCH3 is 1. The van der Waals surface area contributed by atoms with Gasteiger partial charge in [0.05, 0.1) is 13.5 Å². The van der Waals surface area contributed by atoms with Crippen molar-refractivity contribution in [1.29, 1.82) is 0 Å². The summed E-state index contributed by atoms with van der Waals surface area (Å²) < 4.78 is 19.2. The Labute approximate surface area is 160 Å². The summed E-state index contributed by atoms with van der Waals surface area (Å²) in [5.74, 6) is -0.0875. The molecule has 2 aromatic rings. The second kappa shape index (κ2) is 7.96. The van der Waals surface area contributed by atoms with E-state index in [1.54, 1.807) is 12.1 Å². The van der Waals surface area contributed by atoms with E-state index < -0.39 is 5.97 Å². The Kier molecular flexibility index (Phi) is 5.69. The molecule has 0 aliphatic carbocycles. The first-order valence-corrected chi connectivity index (χ1v) is 9.87. The molecule has 0 aromatic heterocycles. The molecule has 5 nitrogen and oxygen atoms in total. The molecule has 3 rings (SSSR count). The minimum absolute atomic E-state index is 0.0565. The van der Waals surface area contributed by atoms with Gasteiger partial charge in [0.1, 0.15) is 0 Å². The molecule has 0 amide bonds. The molecule has 0 fully saturated rings. The van der Waals surface area contributed by atoms with Crippen LogP contribution >= 0.6 is 0 Å². The number of hydrogen-bond donors (Lipinski definition) is 2. The number of rotatable bonds is 5. The van der Waals surface area contributed by atoms with Gasteiger partial charge in [0.2, 0.25) is 0 Å². The summed E-state index contributed by atoms with van der Waals surface area (Å²) in [7, 11) is 1.31. The Morgan fingerprint density at radius 1 is 1.32 bits per heavy atom. The molecule has 1 aliphatic rings. The minimum atomic E-state index is -0.391. The van der Waals surface area contributed by atoms with E-state index in [0.717, 1.165) is 37.0 Å². The third kappa shape index (κ3) is 4.57. The summed E-state index contributed by atoms with van der Waals surface area (Å²) in [4.78, 5) is 16.6. The number of halogens is 1. The van der Waals surface area contributed by atoms with Gasteiger partial charge in [-0.05, 0) is 0 Å². The first kappa shape index (κ1) is 17.9. The Hall–Kier alpha value is -1.94. The van der Waals surface area contributed by atoms with Gasteiger partial charge >= 0.3 is 138 Å². The molecule has 25 heavy (non-hydrogen) atoms. The van der Waals surface area contributed by atoms with Gasteiger partial charge in [0.15, 0.2) is 0 Å². The van der Waals surface area contributed by atoms with E-state index in [4.69, 9.17) is 4.84 Å². The van der Waals surface area contributed by atoms with Crippen molar-refractivity contribution in [3.8, 4) is 11.1 Å². The van der Waals surface area contributed by atoms with E-state index in [2.05, 4.69) is 15.5 Å². The summed E-state index contributed by atoms with van der Waals surface area (Å²) in [6.07, 6.45) is 2.04. The number of anilines is 1. The normalized spacial score (nSPS) is 16.1. The van der Waals surface area contributed by atoms with Crippen LogP contribution in [-0.4, -0.2) is 42.4 Å². The first-order chi connectivity index (χ1) is 12.0. The van der Waals surface area contributed by atoms with Gasteiger partial charge in [0, 0.05) is 0 Å². The fourth-order valence-corrected chi connectivity index (χ4v) is 3.25. The van der Waals surface area contributed by atoms with Crippen molar-refractivity contribution in [2.75, 3.05) is 12.4 Å². The van der Waals surface area contributed by atoms with Crippen LogP contribution < -0.4 is 10.8 Å². The second-order valence-electron chi connectivity index (χ2n) is 5.50. The number of esters is 1. The summed E-state index contributed by atoms with van der Waals surface area (Å²) in [5.41, 5.74) is 5.56. The SMILES string of the molecule is COC(=O)Cc1ccc(-c2ccc(NC3=C[CH]([Pb])NO3)cc2)c(F)c1. The molecule has 1 unspecified atom stereocenters. The van der Waals surface area contributed by atoms with E-state index in [0.29, 0.717) is 20.6 Å². The van der Waals surface area contributed by atoms with Crippen molar-refractivity contribution in [3.63, 3.8) is 0 Å². The van der Waals surface area contributed by atoms with Crippen molar-refractivity contribution < 1.29 is 18.8 Å². The van der Waals surface area contributed by atoms with E-state index in [-0.39, 0.29) is 12.2 Å². The summed E-state index contributed by atoms with van der Waals surface area (Å²) in [6.45, 7) is 0. The third-order valence-electron chi connectivity index (χ3n) is 3.69. The second-order valence-corrected chi connectivity index (χ2v) is 7.92. The zero-order valence-electron chi connectivity index (χ0n) is 13.5. The van der Waals surface area contributed by atoms with Gasteiger partial charge in [-0.15, -0.1) is 0 Å². The van der Waals surface area contributed by atoms with Gasteiger partial charge in [0.25, 0.3) is 0 Å². The van der Waals surface area contributed by atoms with Crippen molar-refractivity contribution in [3.05, 3.63) is 65.8 Å². The molecule has 2 N–H and O–H groups in total.